The third-order valence-corrected chi connectivity index (χ3v) is 5.41. The van der Waals surface area contributed by atoms with E-state index in [9.17, 15) is 9.18 Å². The molecule has 1 aliphatic heterocycles. The number of hydrogen-bond donors (Lipinski definition) is 1. The first-order valence-corrected chi connectivity index (χ1v) is 9.31. The average Bonchev–Trinajstić information content (AvgIpc) is 3.27. The van der Waals surface area contributed by atoms with E-state index in [0.717, 1.165) is 5.56 Å². The third kappa shape index (κ3) is 3.99. The molecule has 0 saturated carbocycles. The summed E-state index contributed by atoms with van der Waals surface area (Å²) >= 11 is 5.85. The van der Waals surface area contributed by atoms with Crippen LogP contribution in [0.3, 0.4) is 0 Å². The summed E-state index contributed by atoms with van der Waals surface area (Å²) in [5, 5.41) is 8.09. The van der Waals surface area contributed by atoms with Crippen LogP contribution >= 0.6 is 24.0 Å². The van der Waals surface area contributed by atoms with Crippen LogP contribution in [0.5, 0.6) is 0 Å². The molecule has 1 saturated heterocycles. The molecule has 0 aliphatic carbocycles. The van der Waals surface area contributed by atoms with Crippen LogP contribution in [0.1, 0.15) is 27.7 Å². The lowest BCUT2D eigenvalue weighted by Gasteiger charge is -2.15. The summed E-state index contributed by atoms with van der Waals surface area (Å²) in [5.41, 5.74) is 8.76. The summed E-state index contributed by atoms with van der Waals surface area (Å²) in [6, 6.07) is 14.0. The molecule has 0 bridgehead atoms. The number of rotatable bonds is 3. The van der Waals surface area contributed by atoms with Crippen LogP contribution < -0.4 is 5.73 Å². The van der Waals surface area contributed by atoms with Crippen molar-refractivity contribution in [3.8, 4) is 5.69 Å². The van der Waals surface area contributed by atoms with Crippen molar-refractivity contribution in [1.29, 1.82) is 0 Å². The topological polar surface area (TPSA) is 77.0 Å². The molecule has 3 aromatic rings. The highest BCUT2D eigenvalue weighted by Gasteiger charge is 2.35. The van der Waals surface area contributed by atoms with E-state index in [2.05, 4.69) is 10.3 Å². The van der Waals surface area contributed by atoms with Gasteiger partial charge in [-0.25, -0.2) is 9.07 Å². The van der Waals surface area contributed by atoms with Gasteiger partial charge in [0, 0.05) is 25.0 Å². The van der Waals surface area contributed by atoms with Gasteiger partial charge in [0.2, 0.25) is 0 Å². The lowest BCUT2D eigenvalue weighted by molar-refractivity contribution is 0.0782. The Morgan fingerprint density at radius 2 is 1.93 bits per heavy atom. The van der Waals surface area contributed by atoms with Crippen molar-refractivity contribution in [2.75, 3.05) is 13.1 Å². The average molecular weight is 436 g/mol. The van der Waals surface area contributed by atoms with E-state index in [-0.39, 0.29) is 41.0 Å². The fourth-order valence-electron chi connectivity index (χ4n) is 3.59. The summed E-state index contributed by atoms with van der Waals surface area (Å²) in [6.07, 6.45) is 0. The van der Waals surface area contributed by atoms with Gasteiger partial charge < -0.3 is 10.6 Å². The predicted octanol–water partition coefficient (Wildman–Crippen LogP) is 3.36. The molecule has 1 aliphatic rings. The highest BCUT2D eigenvalue weighted by molar-refractivity contribution is 6.30. The number of amides is 1. The Morgan fingerprint density at radius 3 is 2.62 bits per heavy atom. The van der Waals surface area contributed by atoms with Gasteiger partial charge in [0.15, 0.2) is 5.69 Å². The van der Waals surface area contributed by atoms with Crippen molar-refractivity contribution < 1.29 is 9.18 Å². The second kappa shape index (κ2) is 8.49. The number of likely N-dealkylation sites (tertiary alicyclic amines) is 1. The molecule has 0 unspecified atom stereocenters. The summed E-state index contributed by atoms with van der Waals surface area (Å²) in [5.74, 6) is -0.653. The monoisotopic (exact) mass is 435 g/mol. The Kier molecular flexibility index (Phi) is 6.21. The minimum atomic E-state index is -0.516. The number of aromatic nitrogens is 3. The molecule has 9 heteroatoms. The normalized spacial score (nSPS) is 18.6. The maximum atomic E-state index is 13.4. The highest BCUT2D eigenvalue weighted by Crippen LogP contribution is 2.28. The van der Waals surface area contributed by atoms with E-state index in [1.54, 1.807) is 11.8 Å². The zero-order valence-corrected chi connectivity index (χ0v) is 17.2. The molecule has 2 N–H and O–H groups in total. The Morgan fingerprint density at radius 1 is 1.21 bits per heavy atom. The highest BCUT2D eigenvalue weighted by atomic mass is 35.5. The second-order valence-corrected chi connectivity index (χ2v) is 7.33. The van der Waals surface area contributed by atoms with Crippen molar-refractivity contribution in [2.45, 2.75) is 18.9 Å². The van der Waals surface area contributed by atoms with Gasteiger partial charge in [-0.15, -0.1) is 17.5 Å². The summed E-state index contributed by atoms with van der Waals surface area (Å²) in [4.78, 5) is 14.7. The molecular formula is C20H20Cl2FN5O. The molecule has 2 heterocycles. The maximum Gasteiger partial charge on any atom is 0.276 e. The van der Waals surface area contributed by atoms with E-state index in [1.807, 2.05) is 30.3 Å². The third-order valence-electron chi connectivity index (χ3n) is 5.12. The molecule has 6 nitrogen and oxygen atoms in total. The lowest BCUT2D eigenvalue weighted by atomic mass is 9.95. The number of carbonyl (C=O) groups is 1. The summed E-state index contributed by atoms with van der Waals surface area (Å²) in [6.45, 7) is 2.72. The zero-order valence-electron chi connectivity index (χ0n) is 15.6. The van der Waals surface area contributed by atoms with Gasteiger partial charge in [-0.3, -0.25) is 4.79 Å². The largest absolute Gasteiger partial charge is 0.335 e. The number of carbonyl (C=O) groups excluding carboxylic acids is 1. The van der Waals surface area contributed by atoms with Gasteiger partial charge in [0.1, 0.15) is 5.82 Å². The van der Waals surface area contributed by atoms with E-state index in [4.69, 9.17) is 17.3 Å². The first kappa shape index (κ1) is 21.2. The van der Waals surface area contributed by atoms with E-state index in [1.165, 1.54) is 22.9 Å². The Hall–Kier alpha value is -2.48. The van der Waals surface area contributed by atoms with Crippen molar-refractivity contribution in [3.63, 3.8) is 0 Å². The quantitative estimate of drug-likeness (QED) is 0.683. The Balaban J connectivity index is 0.00000240. The molecule has 0 spiro atoms. The summed E-state index contributed by atoms with van der Waals surface area (Å²) in [7, 11) is 0. The SMILES string of the molecule is Cc1c(C(=O)N2C[C@@H](N)[C@H](c3ccccc3)C2)nnn1-c1ccc(F)c(Cl)c1.Cl. The molecule has 29 heavy (non-hydrogen) atoms. The fraction of sp³-hybridized carbons (Fsp3) is 0.250. The first-order chi connectivity index (χ1) is 13.5. The number of benzene rings is 2. The molecular weight excluding hydrogens is 416 g/mol. The van der Waals surface area contributed by atoms with Gasteiger partial charge in [0.25, 0.3) is 5.91 Å². The van der Waals surface area contributed by atoms with Gasteiger partial charge >= 0.3 is 0 Å². The van der Waals surface area contributed by atoms with E-state index >= 15 is 0 Å². The van der Waals surface area contributed by atoms with Crippen molar-refractivity contribution >= 4 is 29.9 Å². The van der Waals surface area contributed by atoms with Crippen LogP contribution in [0.4, 0.5) is 4.39 Å². The van der Waals surface area contributed by atoms with Crippen LogP contribution in [0.25, 0.3) is 5.69 Å². The molecule has 1 aromatic heterocycles. The minimum Gasteiger partial charge on any atom is -0.335 e. The van der Waals surface area contributed by atoms with Gasteiger partial charge in [-0.05, 0) is 30.7 Å². The van der Waals surface area contributed by atoms with Crippen LogP contribution in [0.2, 0.25) is 5.02 Å². The number of nitrogens with zero attached hydrogens (tertiary/aromatic N) is 4. The van der Waals surface area contributed by atoms with Crippen molar-refractivity contribution in [3.05, 3.63) is 76.3 Å². The van der Waals surface area contributed by atoms with Crippen LogP contribution in [-0.4, -0.2) is 44.9 Å². The van der Waals surface area contributed by atoms with Crippen molar-refractivity contribution in [2.24, 2.45) is 5.73 Å². The van der Waals surface area contributed by atoms with Crippen LogP contribution in [0, 0.1) is 12.7 Å². The van der Waals surface area contributed by atoms with Gasteiger partial charge in [-0.2, -0.15) is 0 Å². The minimum absolute atomic E-state index is 0. The van der Waals surface area contributed by atoms with Crippen LogP contribution in [0.15, 0.2) is 48.5 Å². The standard InChI is InChI=1S/C20H19ClFN5O.ClH/c1-12-19(24-25-27(12)14-7-8-17(22)16(21)9-14)20(28)26-10-15(18(23)11-26)13-5-3-2-4-6-13;/h2-9,15,18H,10-11,23H2,1H3;1H/t15-,18+;/m0./s1. The lowest BCUT2D eigenvalue weighted by Crippen LogP contribution is -2.32. The van der Waals surface area contributed by atoms with Gasteiger partial charge in [-0.1, -0.05) is 47.1 Å². The summed E-state index contributed by atoms with van der Waals surface area (Å²) < 4.78 is 14.9. The number of halogens is 3. The smallest absolute Gasteiger partial charge is 0.276 e. The molecule has 1 amide bonds. The molecule has 1 fully saturated rings. The van der Waals surface area contributed by atoms with E-state index < -0.39 is 5.82 Å². The zero-order chi connectivity index (χ0) is 19.8. The molecule has 2 aromatic carbocycles. The number of hydrogen-bond acceptors (Lipinski definition) is 4. The van der Waals surface area contributed by atoms with Crippen molar-refractivity contribution in [1.82, 2.24) is 19.9 Å². The molecule has 2 atom stereocenters. The van der Waals surface area contributed by atoms with E-state index in [0.29, 0.717) is 24.5 Å². The fourth-order valence-corrected chi connectivity index (χ4v) is 3.76. The second-order valence-electron chi connectivity index (χ2n) is 6.92. The first-order valence-electron chi connectivity index (χ1n) is 8.93. The molecule has 152 valence electrons. The maximum absolute atomic E-state index is 13.4. The predicted molar refractivity (Wildman–Crippen MR) is 111 cm³/mol. The molecule has 0 radical (unpaired) electrons. The van der Waals surface area contributed by atoms with Crippen LogP contribution in [-0.2, 0) is 0 Å². The Labute approximate surface area is 178 Å². The Bertz CT molecular complexity index is 1030. The number of nitrogens with two attached hydrogens (primary N) is 1. The molecule has 4 rings (SSSR count). The van der Waals surface area contributed by atoms with Gasteiger partial charge in [0.05, 0.1) is 16.4 Å².